The molecule has 3 heteroatoms. The number of ether oxygens (including phenoxy) is 1. The van der Waals surface area contributed by atoms with Crippen molar-refractivity contribution in [2.24, 2.45) is 5.92 Å². The van der Waals surface area contributed by atoms with Crippen LogP contribution in [-0.4, -0.2) is 42.1 Å². The summed E-state index contributed by atoms with van der Waals surface area (Å²) in [5, 5.41) is 0.956. The third kappa shape index (κ3) is 5.32. The predicted octanol–water partition coefficient (Wildman–Crippen LogP) is 2.91. The van der Waals surface area contributed by atoms with Gasteiger partial charge >= 0.3 is 0 Å². The Morgan fingerprint density at radius 2 is 2.13 bits per heavy atom. The summed E-state index contributed by atoms with van der Waals surface area (Å²) in [4.78, 5) is 2.54. The molecule has 0 aromatic rings. The van der Waals surface area contributed by atoms with Crippen molar-refractivity contribution >= 4 is 15.9 Å². The molecule has 0 bridgehead atoms. The SMILES string of the molecule is CC(C)CCCN1CC(C)OC(CBr)C1. The van der Waals surface area contributed by atoms with Crippen LogP contribution >= 0.6 is 15.9 Å². The van der Waals surface area contributed by atoms with E-state index in [9.17, 15) is 0 Å². The molecule has 1 saturated heterocycles. The minimum Gasteiger partial charge on any atom is -0.372 e. The maximum atomic E-state index is 5.80. The summed E-state index contributed by atoms with van der Waals surface area (Å²) in [6, 6.07) is 0. The third-order valence-corrected chi connectivity index (χ3v) is 3.55. The third-order valence-electron chi connectivity index (χ3n) is 2.83. The molecule has 1 heterocycles. The first-order valence-electron chi connectivity index (χ1n) is 6.05. The summed E-state index contributed by atoms with van der Waals surface area (Å²) in [5.74, 6) is 0.829. The Labute approximate surface area is 102 Å². The Bertz CT molecular complexity index is 175. The Morgan fingerprint density at radius 1 is 1.40 bits per heavy atom. The van der Waals surface area contributed by atoms with Crippen LogP contribution in [0.15, 0.2) is 0 Å². The number of alkyl halides is 1. The van der Waals surface area contributed by atoms with Crippen LogP contribution in [0.25, 0.3) is 0 Å². The zero-order valence-corrected chi connectivity index (χ0v) is 11.8. The number of hydrogen-bond acceptors (Lipinski definition) is 2. The van der Waals surface area contributed by atoms with E-state index in [1.54, 1.807) is 0 Å². The van der Waals surface area contributed by atoms with Crippen molar-refractivity contribution in [3.63, 3.8) is 0 Å². The predicted molar refractivity (Wildman–Crippen MR) is 68.6 cm³/mol. The number of halogens is 1. The van der Waals surface area contributed by atoms with Crippen LogP contribution in [0.2, 0.25) is 0 Å². The summed E-state index contributed by atoms with van der Waals surface area (Å²) < 4.78 is 5.80. The fourth-order valence-electron chi connectivity index (χ4n) is 2.13. The van der Waals surface area contributed by atoms with Crippen molar-refractivity contribution in [1.29, 1.82) is 0 Å². The Morgan fingerprint density at radius 3 is 2.73 bits per heavy atom. The fraction of sp³-hybridized carbons (Fsp3) is 1.00. The molecular weight excluding hydrogens is 254 g/mol. The Hall–Kier alpha value is 0.400. The maximum absolute atomic E-state index is 5.80. The van der Waals surface area contributed by atoms with E-state index in [-0.39, 0.29) is 0 Å². The lowest BCUT2D eigenvalue weighted by molar-refractivity contribution is -0.0655. The smallest absolute Gasteiger partial charge is 0.0802 e. The van der Waals surface area contributed by atoms with Gasteiger partial charge < -0.3 is 4.74 Å². The molecule has 0 spiro atoms. The molecule has 2 unspecified atom stereocenters. The number of nitrogens with zero attached hydrogens (tertiary/aromatic N) is 1. The van der Waals surface area contributed by atoms with Crippen molar-refractivity contribution in [2.75, 3.05) is 25.0 Å². The topological polar surface area (TPSA) is 12.5 Å². The van der Waals surface area contributed by atoms with E-state index in [1.165, 1.54) is 19.4 Å². The van der Waals surface area contributed by atoms with Gasteiger partial charge in [0, 0.05) is 18.4 Å². The average Bonchev–Trinajstić information content (AvgIpc) is 2.16. The van der Waals surface area contributed by atoms with E-state index in [2.05, 4.69) is 41.6 Å². The highest BCUT2D eigenvalue weighted by atomic mass is 79.9. The van der Waals surface area contributed by atoms with Gasteiger partial charge in [-0.2, -0.15) is 0 Å². The molecule has 0 amide bonds. The molecule has 2 nitrogen and oxygen atoms in total. The second-order valence-electron chi connectivity index (χ2n) is 5.02. The molecule has 1 aliphatic heterocycles. The van der Waals surface area contributed by atoms with Gasteiger partial charge in [-0.05, 0) is 32.2 Å². The molecule has 0 radical (unpaired) electrons. The minimum atomic E-state index is 0.382. The standard InChI is InChI=1S/C12H24BrNO/c1-10(2)5-4-6-14-8-11(3)15-12(7-13)9-14/h10-12H,4-9H2,1-3H3. The summed E-state index contributed by atoms with van der Waals surface area (Å²) in [6.45, 7) is 10.2. The molecule has 0 N–H and O–H groups in total. The van der Waals surface area contributed by atoms with E-state index in [1.807, 2.05) is 0 Å². The van der Waals surface area contributed by atoms with Crippen LogP contribution in [0.5, 0.6) is 0 Å². The van der Waals surface area contributed by atoms with Gasteiger partial charge in [0.1, 0.15) is 0 Å². The molecule has 0 aromatic heterocycles. The van der Waals surface area contributed by atoms with Crippen LogP contribution in [0.4, 0.5) is 0 Å². The summed E-state index contributed by atoms with van der Waals surface area (Å²) >= 11 is 3.51. The zero-order valence-electron chi connectivity index (χ0n) is 10.2. The molecule has 0 aliphatic carbocycles. The fourth-order valence-corrected chi connectivity index (χ4v) is 2.49. The van der Waals surface area contributed by atoms with Gasteiger partial charge in [-0.25, -0.2) is 0 Å². The highest BCUT2D eigenvalue weighted by molar-refractivity contribution is 9.09. The van der Waals surface area contributed by atoms with Crippen molar-refractivity contribution < 1.29 is 4.74 Å². The number of hydrogen-bond donors (Lipinski definition) is 0. The maximum Gasteiger partial charge on any atom is 0.0802 e. The molecule has 15 heavy (non-hydrogen) atoms. The van der Waals surface area contributed by atoms with Crippen LogP contribution < -0.4 is 0 Å². The highest BCUT2D eigenvalue weighted by Gasteiger charge is 2.23. The summed E-state index contributed by atoms with van der Waals surface area (Å²) in [7, 11) is 0. The molecule has 90 valence electrons. The van der Waals surface area contributed by atoms with E-state index in [4.69, 9.17) is 4.74 Å². The monoisotopic (exact) mass is 277 g/mol. The van der Waals surface area contributed by atoms with Gasteiger partial charge in [0.2, 0.25) is 0 Å². The van der Waals surface area contributed by atoms with Gasteiger partial charge in [-0.1, -0.05) is 29.8 Å². The first-order chi connectivity index (χ1) is 7.11. The lowest BCUT2D eigenvalue weighted by Gasteiger charge is -2.36. The zero-order chi connectivity index (χ0) is 11.3. The van der Waals surface area contributed by atoms with Crippen LogP contribution in [-0.2, 0) is 4.74 Å². The Kier molecular flexibility index (Phi) is 6.17. The second kappa shape index (κ2) is 6.87. The van der Waals surface area contributed by atoms with Gasteiger partial charge in [0.25, 0.3) is 0 Å². The average molecular weight is 278 g/mol. The van der Waals surface area contributed by atoms with Gasteiger partial charge in [-0.15, -0.1) is 0 Å². The summed E-state index contributed by atoms with van der Waals surface area (Å²) in [5.41, 5.74) is 0. The van der Waals surface area contributed by atoms with Crippen LogP contribution in [0.1, 0.15) is 33.6 Å². The molecule has 0 saturated carbocycles. The molecule has 1 rings (SSSR count). The van der Waals surface area contributed by atoms with Gasteiger partial charge in [0.05, 0.1) is 12.2 Å². The molecule has 0 aromatic carbocycles. The second-order valence-corrected chi connectivity index (χ2v) is 5.67. The molecule has 2 atom stereocenters. The normalized spacial score (nSPS) is 28.6. The number of morpholine rings is 1. The van der Waals surface area contributed by atoms with E-state index in [0.717, 1.165) is 24.3 Å². The van der Waals surface area contributed by atoms with Gasteiger partial charge in [0.15, 0.2) is 0 Å². The van der Waals surface area contributed by atoms with E-state index >= 15 is 0 Å². The Balaban J connectivity index is 2.22. The van der Waals surface area contributed by atoms with Gasteiger partial charge in [-0.3, -0.25) is 4.90 Å². The van der Waals surface area contributed by atoms with Crippen molar-refractivity contribution in [1.82, 2.24) is 4.90 Å². The number of rotatable bonds is 5. The first-order valence-corrected chi connectivity index (χ1v) is 7.17. The van der Waals surface area contributed by atoms with Crippen LogP contribution in [0, 0.1) is 5.92 Å². The van der Waals surface area contributed by atoms with Crippen LogP contribution in [0.3, 0.4) is 0 Å². The first kappa shape index (κ1) is 13.5. The minimum absolute atomic E-state index is 0.382. The highest BCUT2D eigenvalue weighted by Crippen LogP contribution is 2.14. The van der Waals surface area contributed by atoms with Crippen molar-refractivity contribution in [3.05, 3.63) is 0 Å². The van der Waals surface area contributed by atoms with Crippen molar-refractivity contribution in [2.45, 2.75) is 45.8 Å². The lowest BCUT2D eigenvalue weighted by Crippen LogP contribution is -2.47. The molecule has 1 aliphatic rings. The summed E-state index contributed by atoms with van der Waals surface area (Å²) in [6.07, 6.45) is 3.43. The quantitative estimate of drug-likeness (QED) is 0.717. The largest absolute Gasteiger partial charge is 0.372 e. The molecule has 1 fully saturated rings. The van der Waals surface area contributed by atoms with E-state index in [0.29, 0.717) is 12.2 Å². The molecular formula is C12H24BrNO. The van der Waals surface area contributed by atoms with Crippen molar-refractivity contribution in [3.8, 4) is 0 Å². The lowest BCUT2D eigenvalue weighted by atomic mass is 10.1. The van der Waals surface area contributed by atoms with E-state index < -0.39 is 0 Å².